The summed E-state index contributed by atoms with van der Waals surface area (Å²) in [5.74, 6) is -10.7. The van der Waals surface area contributed by atoms with Crippen molar-refractivity contribution in [3.8, 4) is 16.2 Å². The summed E-state index contributed by atoms with van der Waals surface area (Å²) in [5.41, 5.74) is -0.625. The van der Waals surface area contributed by atoms with Crippen LogP contribution in [-0.4, -0.2) is 27.4 Å². The van der Waals surface area contributed by atoms with E-state index in [1.165, 1.54) is 43.3 Å². The number of halogens is 6. The fourth-order valence-electron chi connectivity index (χ4n) is 3.58. The van der Waals surface area contributed by atoms with Crippen molar-refractivity contribution < 1.29 is 46.4 Å². The molecule has 3 aromatic rings. The molecule has 0 aliphatic rings. The van der Waals surface area contributed by atoms with Crippen LogP contribution in [0, 0.1) is 0 Å². The van der Waals surface area contributed by atoms with E-state index in [0.29, 0.717) is 21.8 Å². The molecule has 0 amide bonds. The quantitative estimate of drug-likeness (QED) is 0.310. The third kappa shape index (κ3) is 5.18. The number of alkyl halides is 6. The van der Waals surface area contributed by atoms with Crippen LogP contribution in [0.25, 0.3) is 10.4 Å². The Kier molecular flexibility index (Phi) is 7.85. The summed E-state index contributed by atoms with van der Waals surface area (Å²) < 4.78 is 87.6. The molecule has 3 N–H and O–H groups in total. The van der Waals surface area contributed by atoms with Gasteiger partial charge in [0, 0.05) is 20.9 Å². The van der Waals surface area contributed by atoms with Gasteiger partial charge in [0.25, 0.3) is 0 Å². The fourth-order valence-corrected chi connectivity index (χ4v) is 4.54. The number of thiophene rings is 1. The fraction of sp³-hybridized carbons (Fsp3) is 0.333. The Balaban J connectivity index is 1.95. The number of aliphatic hydroxyl groups excluding tert-OH is 2. The number of aryl methyl sites for hydroxylation is 1. The van der Waals surface area contributed by atoms with Gasteiger partial charge in [-0.25, -0.2) is 0 Å². The van der Waals surface area contributed by atoms with Gasteiger partial charge >= 0.3 is 18.0 Å². The second-order valence-corrected chi connectivity index (χ2v) is 8.86. The van der Waals surface area contributed by atoms with Gasteiger partial charge in [0.05, 0.1) is 13.2 Å². The summed E-state index contributed by atoms with van der Waals surface area (Å²) in [6.07, 6.45) is -6.41. The first kappa shape index (κ1) is 27.0. The van der Waals surface area contributed by atoms with Gasteiger partial charge in [-0.15, -0.1) is 11.3 Å². The van der Waals surface area contributed by atoms with Crippen molar-refractivity contribution in [2.45, 2.75) is 51.1 Å². The van der Waals surface area contributed by atoms with Crippen molar-refractivity contribution in [1.82, 2.24) is 0 Å². The lowest BCUT2D eigenvalue weighted by Gasteiger charge is -2.33. The molecule has 1 aromatic heterocycles. The standard InChI is InChI=1S/C24H22F6O4S/c1-2-14-4-3-5-19(21(14)22(25,33)23(26,27)24(28,29)30)20-9-8-18(35-20)13-34-17-7-6-15(11-31)16(10-17)12-32/h3-10,31-33H,2,11-13H2,1H3. The van der Waals surface area contributed by atoms with Crippen molar-refractivity contribution in [2.75, 3.05) is 0 Å². The molecule has 0 radical (unpaired) electrons. The van der Waals surface area contributed by atoms with E-state index in [9.17, 15) is 37.3 Å². The summed E-state index contributed by atoms with van der Waals surface area (Å²) in [7, 11) is 0. The van der Waals surface area contributed by atoms with Crippen LogP contribution in [0.3, 0.4) is 0 Å². The van der Waals surface area contributed by atoms with E-state index in [1.807, 2.05) is 0 Å². The van der Waals surface area contributed by atoms with Crippen molar-refractivity contribution in [3.63, 3.8) is 0 Å². The average molecular weight is 520 g/mol. The van der Waals surface area contributed by atoms with E-state index in [4.69, 9.17) is 4.74 Å². The number of ether oxygens (including phenoxy) is 1. The predicted octanol–water partition coefficient (Wildman–Crippen LogP) is 5.85. The van der Waals surface area contributed by atoms with Crippen LogP contribution in [0.2, 0.25) is 0 Å². The van der Waals surface area contributed by atoms with Crippen molar-refractivity contribution in [2.24, 2.45) is 0 Å². The van der Waals surface area contributed by atoms with E-state index in [2.05, 4.69) is 0 Å². The zero-order valence-corrected chi connectivity index (χ0v) is 19.2. The Labute approximate surface area is 201 Å². The molecule has 35 heavy (non-hydrogen) atoms. The second-order valence-electron chi connectivity index (χ2n) is 7.69. The van der Waals surface area contributed by atoms with Crippen LogP contribution in [-0.2, 0) is 32.1 Å². The maximum absolute atomic E-state index is 15.0. The number of aliphatic hydroxyl groups is 3. The summed E-state index contributed by atoms with van der Waals surface area (Å²) >= 11 is 0.972. The Morgan fingerprint density at radius 1 is 0.857 bits per heavy atom. The number of hydrogen-bond donors (Lipinski definition) is 3. The van der Waals surface area contributed by atoms with Gasteiger partial charge in [0.2, 0.25) is 0 Å². The number of rotatable bonds is 9. The van der Waals surface area contributed by atoms with Crippen LogP contribution >= 0.6 is 11.3 Å². The monoisotopic (exact) mass is 520 g/mol. The summed E-state index contributed by atoms with van der Waals surface area (Å²) in [6.45, 7) is 0.843. The minimum atomic E-state index is -6.32. The molecule has 2 aromatic carbocycles. The topological polar surface area (TPSA) is 69.9 Å². The van der Waals surface area contributed by atoms with E-state index in [1.54, 1.807) is 12.1 Å². The Morgan fingerprint density at radius 3 is 2.14 bits per heavy atom. The zero-order chi connectivity index (χ0) is 26.0. The van der Waals surface area contributed by atoms with Crippen LogP contribution in [0.4, 0.5) is 26.3 Å². The predicted molar refractivity (Wildman–Crippen MR) is 118 cm³/mol. The van der Waals surface area contributed by atoms with E-state index in [-0.39, 0.29) is 42.2 Å². The molecule has 11 heteroatoms. The molecule has 0 fully saturated rings. The highest BCUT2D eigenvalue weighted by molar-refractivity contribution is 7.15. The highest BCUT2D eigenvalue weighted by Gasteiger charge is 2.72. The summed E-state index contributed by atoms with van der Waals surface area (Å²) in [4.78, 5) is 0.698. The van der Waals surface area contributed by atoms with Crippen LogP contribution < -0.4 is 4.74 Å². The Morgan fingerprint density at radius 2 is 1.54 bits per heavy atom. The molecule has 1 unspecified atom stereocenters. The van der Waals surface area contributed by atoms with Crippen LogP contribution in [0.5, 0.6) is 5.75 Å². The first-order valence-corrected chi connectivity index (χ1v) is 11.2. The SMILES string of the molecule is CCc1cccc(-c2ccc(COc3ccc(CO)c(CO)c3)s2)c1C(O)(F)C(F)(F)C(F)(F)F. The molecule has 3 rings (SSSR count). The number of hydrogen-bond acceptors (Lipinski definition) is 5. The molecule has 1 heterocycles. The summed E-state index contributed by atoms with van der Waals surface area (Å²) in [5, 5.41) is 28.6. The molecular formula is C24H22F6O4S. The lowest BCUT2D eigenvalue weighted by Crippen LogP contribution is -2.53. The lowest BCUT2D eigenvalue weighted by atomic mass is 9.89. The number of benzene rings is 2. The minimum absolute atomic E-state index is 0.0184. The highest BCUT2D eigenvalue weighted by Crippen LogP contribution is 2.52. The molecule has 0 bridgehead atoms. The molecule has 0 saturated heterocycles. The van der Waals surface area contributed by atoms with E-state index in [0.717, 1.165) is 11.3 Å². The normalized spacial score (nSPS) is 14.1. The Bertz CT molecular complexity index is 1170. The average Bonchev–Trinajstić information content (AvgIpc) is 3.30. The molecular weight excluding hydrogens is 498 g/mol. The molecule has 0 saturated carbocycles. The first-order valence-electron chi connectivity index (χ1n) is 10.4. The minimum Gasteiger partial charge on any atom is -0.488 e. The van der Waals surface area contributed by atoms with Gasteiger partial charge in [0.1, 0.15) is 12.4 Å². The third-order valence-corrected chi connectivity index (χ3v) is 6.55. The van der Waals surface area contributed by atoms with E-state index < -0.39 is 23.5 Å². The van der Waals surface area contributed by atoms with Crippen molar-refractivity contribution in [1.29, 1.82) is 0 Å². The van der Waals surface area contributed by atoms with Gasteiger partial charge in [-0.2, -0.15) is 26.3 Å². The molecule has 1 atom stereocenters. The van der Waals surface area contributed by atoms with Crippen molar-refractivity contribution >= 4 is 11.3 Å². The van der Waals surface area contributed by atoms with Crippen LogP contribution in [0.15, 0.2) is 48.5 Å². The van der Waals surface area contributed by atoms with Crippen LogP contribution in [0.1, 0.15) is 34.1 Å². The lowest BCUT2D eigenvalue weighted by molar-refractivity contribution is -0.379. The molecule has 4 nitrogen and oxygen atoms in total. The summed E-state index contributed by atoms with van der Waals surface area (Å²) in [6, 6.07) is 11.4. The Hall–Kier alpha value is -2.60. The maximum atomic E-state index is 15.0. The smallest absolute Gasteiger partial charge is 0.459 e. The van der Waals surface area contributed by atoms with E-state index >= 15 is 4.39 Å². The molecule has 0 aliphatic carbocycles. The highest BCUT2D eigenvalue weighted by atomic mass is 32.1. The van der Waals surface area contributed by atoms with Gasteiger partial charge < -0.3 is 20.1 Å². The largest absolute Gasteiger partial charge is 0.488 e. The van der Waals surface area contributed by atoms with Gasteiger partial charge in [-0.3, -0.25) is 0 Å². The molecule has 0 spiro atoms. The van der Waals surface area contributed by atoms with Crippen molar-refractivity contribution in [3.05, 3.63) is 75.7 Å². The molecule has 0 aliphatic heterocycles. The maximum Gasteiger partial charge on any atom is 0.459 e. The van der Waals surface area contributed by atoms with Gasteiger partial charge in [0.15, 0.2) is 0 Å². The first-order chi connectivity index (χ1) is 16.4. The zero-order valence-electron chi connectivity index (χ0n) is 18.4. The second kappa shape index (κ2) is 10.2. The molecule has 190 valence electrons. The van der Waals surface area contributed by atoms with Gasteiger partial charge in [-0.1, -0.05) is 31.2 Å². The third-order valence-electron chi connectivity index (χ3n) is 5.46. The van der Waals surface area contributed by atoms with Gasteiger partial charge in [-0.05, 0) is 47.4 Å².